The molecule has 0 amide bonds. The first-order valence-electron chi connectivity index (χ1n) is 28.8. The van der Waals surface area contributed by atoms with Crippen molar-refractivity contribution in [2.45, 2.75) is 79.1 Å². The zero-order chi connectivity index (χ0) is 56.5. The van der Waals surface area contributed by atoms with Crippen LogP contribution in [-0.2, 0) is 12.8 Å². The lowest BCUT2D eigenvalue weighted by molar-refractivity contribution is 0.334. The van der Waals surface area contributed by atoms with E-state index in [1.807, 2.05) is 106 Å². The van der Waals surface area contributed by atoms with Gasteiger partial charge in [0.1, 0.15) is 22.8 Å². The van der Waals surface area contributed by atoms with Crippen molar-refractivity contribution in [3.05, 3.63) is 178 Å². The molecule has 0 radical (unpaired) electrons. The van der Waals surface area contributed by atoms with E-state index in [-0.39, 0.29) is 11.6 Å². The maximum atomic E-state index is 14.8. The maximum absolute atomic E-state index is 14.8. The SMILES string of the molecule is C=c1c(-c2nc3c(-c4cc(F)cc(CCCN5CCCC5)c4)cccc3[nH]2)n[nH]/c1=C/C=C(\C)c1ccncc1.CC.Cc1cncc(-c2ccc3[nH]nc(-c4nc5c(-c6cc(F)cc(CCCN7CCCC7)c6)cccc5[nH]4)c3n2)c1. The van der Waals surface area contributed by atoms with Crippen molar-refractivity contribution in [2.75, 3.05) is 39.3 Å². The molecule has 4 aromatic carbocycles. The summed E-state index contributed by atoms with van der Waals surface area (Å²) in [4.78, 5) is 35.0. The fraction of sp³-hybridized carbons (Fsp3) is 0.269. The Balaban J connectivity index is 0.000000167. The minimum absolute atomic E-state index is 0.218. The highest BCUT2D eigenvalue weighted by molar-refractivity contribution is 5.97. The third-order valence-corrected chi connectivity index (χ3v) is 15.4. The molecule has 2 aliphatic heterocycles. The van der Waals surface area contributed by atoms with Crippen molar-refractivity contribution in [2.24, 2.45) is 0 Å². The largest absolute Gasteiger partial charge is 0.337 e. The average molecular weight is 1090 g/mol. The fourth-order valence-corrected chi connectivity index (χ4v) is 11.2. The van der Waals surface area contributed by atoms with Gasteiger partial charge in [0.2, 0.25) is 0 Å². The molecule has 9 heterocycles. The number of para-hydroxylation sites is 2. The van der Waals surface area contributed by atoms with Crippen LogP contribution in [0.2, 0.25) is 0 Å². The van der Waals surface area contributed by atoms with Gasteiger partial charge in [0.05, 0.1) is 38.6 Å². The van der Waals surface area contributed by atoms with E-state index in [9.17, 15) is 8.78 Å². The zero-order valence-electron chi connectivity index (χ0n) is 47.2. The van der Waals surface area contributed by atoms with Crippen LogP contribution in [0.3, 0.4) is 0 Å². The normalized spacial score (nSPS) is 14.2. The summed E-state index contributed by atoms with van der Waals surface area (Å²) in [6.45, 7) is 19.2. The van der Waals surface area contributed by atoms with E-state index in [1.165, 1.54) is 51.9 Å². The van der Waals surface area contributed by atoms with Crippen LogP contribution in [0.25, 0.3) is 108 Å². The summed E-state index contributed by atoms with van der Waals surface area (Å²) in [6.07, 6.45) is 20.1. The zero-order valence-corrected chi connectivity index (χ0v) is 47.2. The lowest BCUT2D eigenvalue weighted by Gasteiger charge is -2.14. The van der Waals surface area contributed by atoms with E-state index in [0.717, 1.165) is 144 Å². The molecule has 13 nitrogen and oxygen atoms in total. The monoisotopic (exact) mass is 1090 g/mol. The first-order chi connectivity index (χ1) is 40.1. The van der Waals surface area contributed by atoms with Crippen molar-refractivity contribution < 1.29 is 8.78 Å². The highest BCUT2D eigenvalue weighted by Crippen LogP contribution is 2.34. The van der Waals surface area contributed by atoms with Crippen molar-refractivity contribution in [3.63, 3.8) is 0 Å². The summed E-state index contributed by atoms with van der Waals surface area (Å²) in [6, 6.07) is 32.6. The number of rotatable bonds is 15. The molecule has 11 aromatic rings. The van der Waals surface area contributed by atoms with Crippen molar-refractivity contribution in [1.29, 1.82) is 0 Å². The molecular weight excluding hydrogens is 1020 g/mol. The Hall–Kier alpha value is -8.79. The van der Waals surface area contributed by atoms with Gasteiger partial charge in [-0.25, -0.2) is 23.7 Å². The van der Waals surface area contributed by atoms with Crippen LogP contribution in [0.15, 0.2) is 134 Å². The minimum Gasteiger partial charge on any atom is -0.337 e. The predicted molar refractivity (Wildman–Crippen MR) is 328 cm³/mol. The molecule has 4 N–H and O–H groups in total. The van der Waals surface area contributed by atoms with Gasteiger partial charge in [0.15, 0.2) is 17.3 Å². The van der Waals surface area contributed by atoms with Crippen LogP contribution in [0.5, 0.6) is 0 Å². The van der Waals surface area contributed by atoms with Gasteiger partial charge in [-0.05, 0) is 216 Å². The molecule has 0 saturated carbocycles. The lowest BCUT2D eigenvalue weighted by atomic mass is 9.99. The third kappa shape index (κ3) is 12.6. The molecule has 7 aromatic heterocycles. The molecule has 82 heavy (non-hydrogen) atoms. The summed E-state index contributed by atoms with van der Waals surface area (Å²) < 4.78 is 29.5. The topological polar surface area (TPSA) is 160 Å². The number of aromatic nitrogens is 11. The van der Waals surface area contributed by atoms with Crippen LogP contribution in [0.4, 0.5) is 8.78 Å². The number of hydrogen-bond acceptors (Lipinski definition) is 9. The summed E-state index contributed by atoms with van der Waals surface area (Å²) >= 11 is 0. The number of halogens is 2. The number of aryl methyl sites for hydroxylation is 3. The van der Waals surface area contributed by atoms with Gasteiger partial charge in [-0.2, -0.15) is 10.2 Å². The number of nitrogens with one attached hydrogen (secondary N) is 4. The molecule has 0 bridgehead atoms. The lowest BCUT2D eigenvalue weighted by Crippen LogP contribution is -2.21. The first-order valence-corrected chi connectivity index (χ1v) is 28.8. The van der Waals surface area contributed by atoms with E-state index in [1.54, 1.807) is 36.7 Å². The standard InChI is InChI=1S/C33H33FN6.C32H30FN7.C2H6/c1-22(25-12-14-35-15-13-25)10-11-29-23(2)31(39-38-29)33-36-30-9-5-8-28(32(30)37-33)26-19-24(20-27(34)21-26)7-6-18-40-16-3-4-17-40;1-20-14-23(19-34-18-20)26-9-10-28-30(35-26)31(39-38-28)32-36-27-8-4-7-25(29(27)37-32)22-15-21(16-24(33)17-22)6-5-13-40-11-2-3-12-40;1-2/h5,8-15,19-21,38H,2-4,6-7,16-18H2,1H3,(H,36,37);4,7-10,14-19H,2-3,5-6,11-13H2,1H3,(H,36,37)(H,38,39);1-2H3/b22-10+,29-11+;;. The van der Waals surface area contributed by atoms with Gasteiger partial charge in [-0.15, -0.1) is 0 Å². The van der Waals surface area contributed by atoms with Gasteiger partial charge >= 0.3 is 0 Å². The molecule has 2 aliphatic rings. The number of allylic oxidation sites excluding steroid dienone is 2. The summed E-state index contributed by atoms with van der Waals surface area (Å²) in [7, 11) is 0. The van der Waals surface area contributed by atoms with Crippen LogP contribution in [0.1, 0.15) is 81.5 Å². The third-order valence-electron chi connectivity index (χ3n) is 15.4. The molecular formula is C67H69F2N13. The molecule has 0 unspecified atom stereocenters. The van der Waals surface area contributed by atoms with Gasteiger partial charge in [0, 0.05) is 46.7 Å². The number of likely N-dealkylation sites (tertiary alicyclic amines) is 2. The quantitative estimate of drug-likeness (QED) is 0.0784. The summed E-state index contributed by atoms with van der Waals surface area (Å²) in [5.41, 5.74) is 16.7. The minimum atomic E-state index is -0.220. The fourth-order valence-electron chi connectivity index (χ4n) is 11.2. The Kier molecular flexibility index (Phi) is 17.0. The Morgan fingerprint density at radius 3 is 1.76 bits per heavy atom. The Morgan fingerprint density at radius 2 is 1.17 bits per heavy atom. The molecule has 15 heteroatoms. The molecule has 0 aliphatic carbocycles. The first kappa shape index (κ1) is 55.1. The van der Waals surface area contributed by atoms with Crippen molar-refractivity contribution >= 4 is 51.3 Å². The van der Waals surface area contributed by atoms with E-state index >= 15 is 0 Å². The second-order valence-electron chi connectivity index (χ2n) is 21.2. The smallest absolute Gasteiger partial charge is 0.161 e. The highest BCUT2D eigenvalue weighted by Gasteiger charge is 2.20. The van der Waals surface area contributed by atoms with Gasteiger partial charge < -0.3 is 19.8 Å². The molecule has 0 atom stereocenters. The van der Waals surface area contributed by atoms with Crippen LogP contribution in [-0.4, -0.2) is 104 Å². The van der Waals surface area contributed by atoms with Crippen LogP contribution in [0, 0.1) is 18.6 Å². The number of imidazole rings is 2. The van der Waals surface area contributed by atoms with Gasteiger partial charge in [0.25, 0.3) is 0 Å². The Bertz CT molecular complexity index is 4140. The molecule has 416 valence electrons. The number of H-pyrrole nitrogens is 4. The number of aromatic amines is 4. The molecule has 2 saturated heterocycles. The number of nitrogens with zero attached hydrogens (tertiary/aromatic N) is 9. The van der Waals surface area contributed by atoms with Gasteiger partial charge in [-0.1, -0.05) is 62.9 Å². The van der Waals surface area contributed by atoms with Crippen molar-refractivity contribution in [3.8, 4) is 56.5 Å². The van der Waals surface area contributed by atoms with Crippen LogP contribution >= 0.6 is 0 Å². The number of pyridine rings is 3. The van der Waals surface area contributed by atoms with Crippen molar-refractivity contribution in [1.82, 2.24) is 65.1 Å². The van der Waals surface area contributed by atoms with Gasteiger partial charge in [-0.3, -0.25) is 20.2 Å². The molecule has 0 spiro atoms. The number of benzene rings is 4. The summed E-state index contributed by atoms with van der Waals surface area (Å²) in [5.74, 6) is 0.801. The van der Waals surface area contributed by atoms with E-state index < -0.39 is 0 Å². The predicted octanol–water partition coefficient (Wildman–Crippen LogP) is 13.2. The second kappa shape index (κ2) is 25.3. The maximum Gasteiger partial charge on any atom is 0.161 e. The average Bonchev–Trinajstić information content (AvgIpc) is 4.43. The summed E-state index contributed by atoms with van der Waals surface area (Å²) in [5, 5.41) is 16.8. The number of fused-ring (bicyclic) bond motifs is 3. The second-order valence-corrected chi connectivity index (χ2v) is 21.2. The molecule has 13 rings (SSSR count). The molecule has 2 fully saturated rings. The van der Waals surface area contributed by atoms with E-state index in [4.69, 9.17) is 15.0 Å². The Labute approximate surface area is 476 Å². The van der Waals surface area contributed by atoms with E-state index in [2.05, 4.69) is 81.8 Å². The number of hydrogen-bond donors (Lipinski definition) is 4. The van der Waals surface area contributed by atoms with Crippen LogP contribution < -0.4 is 10.6 Å². The highest BCUT2D eigenvalue weighted by atomic mass is 19.1. The van der Waals surface area contributed by atoms with E-state index in [0.29, 0.717) is 23.0 Å². The Morgan fingerprint density at radius 1 is 0.598 bits per heavy atom.